The van der Waals surface area contributed by atoms with Crippen LogP contribution in [0, 0.1) is 11.8 Å². The highest BCUT2D eigenvalue weighted by Gasteiger charge is 2.36. The maximum absolute atomic E-state index is 12.0. The van der Waals surface area contributed by atoms with Gasteiger partial charge in [0.15, 0.2) is 10.5 Å². The van der Waals surface area contributed by atoms with Gasteiger partial charge >= 0.3 is 23.9 Å². The molecule has 0 aliphatic heterocycles. The molecule has 0 aliphatic rings. The van der Waals surface area contributed by atoms with Crippen LogP contribution in [0.25, 0.3) is 0 Å². The molecule has 48 heavy (non-hydrogen) atoms. The lowest BCUT2D eigenvalue weighted by atomic mass is 10.1. The topological polar surface area (TPSA) is 214 Å². The molecule has 0 aliphatic carbocycles. The van der Waals surface area contributed by atoms with Crippen molar-refractivity contribution in [1.29, 1.82) is 0 Å². The van der Waals surface area contributed by atoms with Crippen LogP contribution in [0.4, 0.5) is 0 Å². The second kappa shape index (κ2) is 27.5. The van der Waals surface area contributed by atoms with Crippen LogP contribution in [0.1, 0.15) is 131 Å². The average Bonchev–Trinajstić information content (AvgIpc) is 2.98. The van der Waals surface area contributed by atoms with E-state index in [1.807, 2.05) is 13.8 Å². The standard InChI is InChI=1S/C20H38O7S.C12H22O7S/c1-3-5-7-9-11-13-15-26-19(21)17-18(28(23,24)25)20(22)27-16-14-12-10-8-6-4-2;1-8(2)6-18-11(13)5-10(20(15,16)17)12(14)19-7-9(3)4/h18H,3-17H2,1-2H3,(H,23,24,25);8-10H,5-7H2,1-4H3,(H,15,16,17). The number of hydrogen-bond donors (Lipinski definition) is 2. The number of hydrogen-bond acceptors (Lipinski definition) is 12. The molecule has 0 aromatic carbocycles. The van der Waals surface area contributed by atoms with E-state index in [0.29, 0.717) is 12.8 Å². The molecule has 14 nitrogen and oxygen atoms in total. The van der Waals surface area contributed by atoms with Crippen molar-refractivity contribution < 1.29 is 64.1 Å². The minimum Gasteiger partial charge on any atom is -0.466 e. The van der Waals surface area contributed by atoms with Gasteiger partial charge < -0.3 is 18.9 Å². The van der Waals surface area contributed by atoms with E-state index in [0.717, 1.165) is 57.8 Å². The first kappa shape index (κ1) is 47.8. The largest absolute Gasteiger partial charge is 0.466 e. The number of carbonyl (C=O) groups is 4. The summed E-state index contributed by atoms with van der Waals surface area (Å²) >= 11 is 0. The fourth-order valence-corrected chi connectivity index (χ4v) is 5.17. The van der Waals surface area contributed by atoms with Gasteiger partial charge in [-0.2, -0.15) is 16.8 Å². The lowest BCUT2D eigenvalue weighted by Gasteiger charge is -2.14. The summed E-state index contributed by atoms with van der Waals surface area (Å²) in [7, 11) is -9.46. The molecule has 0 rings (SSSR count). The van der Waals surface area contributed by atoms with E-state index < -0.39 is 67.5 Å². The van der Waals surface area contributed by atoms with E-state index in [9.17, 15) is 40.6 Å². The molecular formula is C32H60O14S2. The van der Waals surface area contributed by atoms with Crippen molar-refractivity contribution in [2.75, 3.05) is 26.4 Å². The third kappa shape index (κ3) is 27.6. The predicted octanol–water partition coefficient (Wildman–Crippen LogP) is 5.47. The summed E-state index contributed by atoms with van der Waals surface area (Å²) in [6.07, 6.45) is 10.6. The Morgan fingerprint density at radius 3 is 1.23 bits per heavy atom. The Balaban J connectivity index is 0. The third-order valence-electron chi connectivity index (χ3n) is 6.59. The quantitative estimate of drug-likeness (QED) is 0.0488. The molecule has 0 aromatic heterocycles. The van der Waals surface area contributed by atoms with Crippen molar-refractivity contribution >= 4 is 44.1 Å². The van der Waals surface area contributed by atoms with Crippen LogP contribution in [-0.2, 0) is 58.4 Å². The summed E-state index contributed by atoms with van der Waals surface area (Å²) in [6, 6.07) is 0. The van der Waals surface area contributed by atoms with Gasteiger partial charge in [0, 0.05) is 0 Å². The van der Waals surface area contributed by atoms with Crippen LogP contribution in [-0.4, -0.2) is 86.7 Å². The second-order valence-electron chi connectivity index (χ2n) is 12.4. The molecule has 0 aromatic rings. The van der Waals surface area contributed by atoms with Gasteiger partial charge in [-0.1, -0.05) is 106 Å². The van der Waals surface area contributed by atoms with Gasteiger partial charge in [-0.3, -0.25) is 28.3 Å². The molecule has 16 heteroatoms. The maximum atomic E-state index is 12.0. The Bertz CT molecular complexity index is 1120. The van der Waals surface area contributed by atoms with Gasteiger partial charge in [0.1, 0.15) is 0 Å². The van der Waals surface area contributed by atoms with Crippen LogP contribution < -0.4 is 0 Å². The zero-order valence-electron chi connectivity index (χ0n) is 29.6. The van der Waals surface area contributed by atoms with Crippen LogP contribution in [0.5, 0.6) is 0 Å². The molecule has 0 saturated heterocycles. The normalized spacial score (nSPS) is 12.9. The Labute approximate surface area is 287 Å². The van der Waals surface area contributed by atoms with E-state index in [2.05, 4.69) is 13.8 Å². The van der Waals surface area contributed by atoms with Crippen molar-refractivity contribution in [3.63, 3.8) is 0 Å². The summed E-state index contributed by atoms with van der Waals surface area (Å²) in [5.41, 5.74) is 0. The SMILES string of the molecule is CC(C)COC(=O)CC(C(=O)OCC(C)C)S(=O)(=O)O.CCCCCCCCOC(=O)CC(C(=O)OCCCCCCCC)S(=O)(=O)O. The fraction of sp³-hybridized carbons (Fsp3) is 0.875. The number of ether oxygens (including phenoxy) is 4. The summed E-state index contributed by atoms with van der Waals surface area (Å²) in [6.45, 7) is 11.8. The fourth-order valence-electron chi connectivity index (χ4n) is 3.86. The van der Waals surface area contributed by atoms with E-state index in [1.54, 1.807) is 13.8 Å². The number of carbonyl (C=O) groups excluding carboxylic acids is 4. The van der Waals surface area contributed by atoms with Crippen LogP contribution >= 0.6 is 0 Å². The smallest absolute Gasteiger partial charge is 0.327 e. The van der Waals surface area contributed by atoms with Gasteiger partial charge in [0.05, 0.1) is 39.3 Å². The molecule has 0 bridgehead atoms. The Morgan fingerprint density at radius 2 is 0.833 bits per heavy atom. The van der Waals surface area contributed by atoms with Gasteiger partial charge in [-0.15, -0.1) is 0 Å². The predicted molar refractivity (Wildman–Crippen MR) is 180 cm³/mol. The summed E-state index contributed by atoms with van der Waals surface area (Å²) in [4.78, 5) is 46.8. The first-order valence-electron chi connectivity index (χ1n) is 16.9. The Hall–Kier alpha value is -2.30. The second-order valence-corrected chi connectivity index (χ2v) is 15.6. The van der Waals surface area contributed by atoms with Gasteiger partial charge in [-0.05, 0) is 24.7 Å². The maximum Gasteiger partial charge on any atom is 0.327 e. The zero-order valence-corrected chi connectivity index (χ0v) is 31.3. The highest BCUT2D eigenvalue weighted by molar-refractivity contribution is 7.87. The number of esters is 4. The first-order valence-corrected chi connectivity index (χ1v) is 19.9. The van der Waals surface area contributed by atoms with E-state index in [1.165, 1.54) is 6.42 Å². The first-order chi connectivity index (χ1) is 22.4. The Morgan fingerprint density at radius 1 is 0.500 bits per heavy atom. The van der Waals surface area contributed by atoms with E-state index in [4.69, 9.17) is 23.5 Å². The molecular weight excluding hydrogens is 672 g/mol. The zero-order chi connectivity index (χ0) is 37.2. The monoisotopic (exact) mass is 732 g/mol. The number of unbranched alkanes of at least 4 members (excludes halogenated alkanes) is 10. The Kier molecular flexibility index (Phi) is 27.4. The molecule has 0 fully saturated rings. The van der Waals surface area contributed by atoms with Gasteiger partial charge in [0.25, 0.3) is 20.2 Å². The molecule has 0 spiro atoms. The van der Waals surface area contributed by atoms with Crippen molar-refractivity contribution in [3.8, 4) is 0 Å². The molecule has 0 amide bonds. The van der Waals surface area contributed by atoms with Crippen molar-refractivity contribution in [1.82, 2.24) is 0 Å². The summed E-state index contributed by atoms with van der Waals surface area (Å²) < 4.78 is 82.8. The van der Waals surface area contributed by atoms with Crippen LogP contribution in [0.2, 0.25) is 0 Å². The molecule has 2 atom stereocenters. The molecule has 0 heterocycles. The van der Waals surface area contributed by atoms with Crippen molar-refractivity contribution in [2.24, 2.45) is 11.8 Å². The van der Waals surface area contributed by atoms with Gasteiger partial charge in [0.2, 0.25) is 0 Å². The van der Waals surface area contributed by atoms with Crippen molar-refractivity contribution in [2.45, 2.75) is 142 Å². The molecule has 2 unspecified atom stereocenters. The molecule has 284 valence electrons. The molecule has 2 N–H and O–H groups in total. The summed E-state index contributed by atoms with van der Waals surface area (Å²) in [5, 5.41) is -3.87. The van der Waals surface area contributed by atoms with Crippen LogP contribution in [0.15, 0.2) is 0 Å². The highest BCUT2D eigenvalue weighted by Crippen LogP contribution is 2.12. The summed E-state index contributed by atoms with van der Waals surface area (Å²) in [5.74, 6) is -3.87. The minimum absolute atomic E-state index is 0.00585. The average molecular weight is 733 g/mol. The third-order valence-corrected chi connectivity index (χ3v) is 8.75. The van der Waals surface area contributed by atoms with Crippen molar-refractivity contribution in [3.05, 3.63) is 0 Å². The van der Waals surface area contributed by atoms with E-state index >= 15 is 0 Å². The molecule has 0 saturated carbocycles. The minimum atomic E-state index is -4.73. The number of rotatable bonds is 26. The highest BCUT2D eigenvalue weighted by atomic mass is 32.2. The van der Waals surface area contributed by atoms with Crippen LogP contribution in [0.3, 0.4) is 0 Å². The van der Waals surface area contributed by atoms with E-state index in [-0.39, 0.29) is 38.3 Å². The van der Waals surface area contributed by atoms with Gasteiger partial charge in [-0.25, -0.2) is 0 Å². The lowest BCUT2D eigenvalue weighted by molar-refractivity contribution is -0.151. The lowest BCUT2D eigenvalue weighted by Crippen LogP contribution is -2.35. The molecule has 0 radical (unpaired) electrons.